The Labute approximate surface area is 141 Å². The molecular weight excluding hydrogens is 306 g/mol. The van der Waals surface area contributed by atoms with Crippen LogP contribution in [0.25, 0.3) is 0 Å². The first-order chi connectivity index (χ1) is 11.7. The van der Waals surface area contributed by atoms with Gasteiger partial charge in [0.25, 0.3) is 0 Å². The van der Waals surface area contributed by atoms with Gasteiger partial charge in [0.05, 0.1) is 17.6 Å². The normalized spacial score (nSPS) is 14.6. The zero-order valence-corrected chi connectivity index (χ0v) is 14.0. The number of carbonyl (C=O) groups excluding carboxylic acids is 1. The second-order valence-electron chi connectivity index (χ2n) is 6.08. The molecule has 3 rings (SSSR count). The fourth-order valence-electron chi connectivity index (χ4n) is 2.93. The molecule has 0 unspecified atom stereocenters. The van der Waals surface area contributed by atoms with Crippen molar-refractivity contribution in [3.05, 3.63) is 30.2 Å². The number of rotatable bonds is 6. The summed E-state index contributed by atoms with van der Waals surface area (Å²) in [7, 11) is 0. The molecule has 0 atom stereocenters. The van der Waals surface area contributed by atoms with Gasteiger partial charge in [0.1, 0.15) is 0 Å². The van der Waals surface area contributed by atoms with Crippen molar-refractivity contribution in [1.29, 1.82) is 0 Å². The maximum Gasteiger partial charge on any atom is 0.226 e. The molecule has 7 nitrogen and oxygen atoms in total. The first kappa shape index (κ1) is 16.4. The van der Waals surface area contributed by atoms with Crippen molar-refractivity contribution in [1.82, 2.24) is 15.1 Å². The van der Waals surface area contributed by atoms with E-state index in [1.165, 1.54) is 19.3 Å². The summed E-state index contributed by atoms with van der Waals surface area (Å²) in [5, 5.41) is 6.76. The number of anilines is 2. The second-order valence-corrected chi connectivity index (χ2v) is 6.08. The van der Waals surface area contributed by atoms with E-state index < -0.39 is 0 Å². The van der Waals surface area contributed by atoms with Gasteiger partial charge in [-0.2, -0.15) is 4.98 Å². The van der Waals surface area contributed by atoms with Crippen LogP contribution in [0.2, 0.25) is 0 Å². The van der Waals surface area contributed by atoms with Crippen molar-refractivity contribution in [2.45, 2.75) is 45.4 Å². The summed E-state index contributed by atoms with van der Waals surface area (Å²) >= 11 is 0. The summed E-state index contributed by atoms with van der Waals surface area (Å²) < 4.78 is 5.06. The number of nitrogens with one attached hydrogen (secondary N) is 1. The molecular formula is C17H23N5O2. The Kier molecular flexibility index (Phi) is 5.40. The maximum absolute atomic E-state index is 12.2. The molecule has 1 aliphatic heterocycles. The fraction of sp³-hybridized carbons (Fsp3) is 0.529. The monoisotopic (exact) mass is 329 g/mol. The van der Waals surface area contributed by atoms with E-state index in [9.17, 15) is 4.79 Å². The second kappa shape index (κ2) is 7.90. The van der Waals surface area contributed by atoms with Crippen molar-refractivity contribution in [2.75, 3.05) is 23.3 Å². The Hall–Kier alpha value is -2.44. The fourth-order valence-corrected chi connectivity index (χ4v) is 2.93. The smallest absolute Gasteiger partial charge is 0.226 e. The van der Waals surface area contributed by atoms with Crippen molar-refractivity contribution < 1.29 is 9.32 Å². The highest BCUT2D eigenvalue weighted by molar-refractivity contribution is 5.94. The number of amides is 1. The van der Waals surface area contributed by atoms with Crippen LogP contribution < -0.4 is 10.2 Å². The molecule has 0 radical (unpaired) electrons. The topological polar surface area (TPSA) is 84.2 Å². The summed E-state index contributed by atoms with van der Waals surface area (Å²) in [5.41, 5.74) is 1.85. The molecule has 128 valence electrons. The zero-order chi connectivity index (χ0) is 16.8. The highest BCUT2D eigenvalue weighted by atomic mass is 16.5. The third-order valence-corrected chi connectivity index (χ3v) is 4.13. The van der Waals surface area contributed by atoms with E-state index in [-0.39, 0.29) is 5.91 Å². The number of piperidine rings is 1. The molecule has 0 aromatic carbocycles. The quantitative estimate of drug-likeness (QED) is 0.877. The van der Waals surface area contributed by atoms with Crippen LogP contribution in [0.4, 0.5) is 11.4 Å². The van der Waals surface area contributed by atoms with Crippen molar-refractivity contribution >= 4 is 17.3 Å². The number of aromatic nitrogens is 3. The molecule has 1 aliphatic rings. The summed E-state index contributed by atoms with van der Waals surface area (Å²) in [5.74, 6) is 1.20. The predicted molar refractivity (Wildman–Crippen MR) is 90.9 cm³/mol. The molecule has 3 heterocycles. The number of hydrogen-bond acceptors (Lipinski definition) is 6. The molecule has 7 heteroatoms. The van der Waals surface area contributed by atoms with E-state index in [4.69, 9.17) is 4.52 Å². The Morgan fingerprint density at radius 1 is 1.33 bits per heavy atom. The van der Waals surface area contributed by atoms with Gasteiger partial charge in [-0.1, -0.05) is 5.16 Å². The Morgan fingerprint density at radius 3 is 2.92 bits per heavy atom. The van der Waals surface area contributed by atoms with Crippen LogP contribution in [0.1, 0.15) is 43.8 Å². The Bertz CT molecular complexity index is 679. The first-order valence-corrected chi connectivity index (χ1v) is 8.50. The van der Waals surface area contributed by atoms with E-state index in [0.717, 1.165) is 24.5 Å². The maximum atomic E-state index is 12.2. The number of carbonyl (C=O) groups is 1. The number of nitrogens with zero attached hydrogens (tertiary/aromatic N) is 4. The van der Waals surface area contributed by atoms with Gasteiger partial charge in [0.15, 0.2) is 5.82 Å². The van der Waals surface area contributed by atoms with Gasteiger partial charge in [0.2, 0.25) is 11.8 Å². The molecule has 24 heavy (non-hydrogen) atoms. The summed E-state index contributed by atoms with van der Waals surface area (Å²) in [4.78, 5) is 22.9. The lowest BCUT2D eigenvalue weighted by Gasteiger charge is -2.30. The zero-order valence-electron chi connectivity index (χ0n) is 14.0. The number of aryl methyl sites for hydroxylation is 2. The van der Waals surface area contributed by atoms with Gasteiger partial charge in [-0.15, -0.1) is 0 Å². The molecule has 0 spiro atoms. The SMILES string of the molecule is Cc1noc(CCCC(=O)Nc2ccncc2N2CCCCC2)n1. The largest absolute Gasteiger partial charge is 0.369 e. The summed E-state index contributed by atoms with van der Waals surface area (Å²) in [6, 6.07) is 1.86. The molecule has 1 fully saturated rings. The molecule has 1 amide bonds. The molecule has 2 aromatic heterocycles. The lowest BCUT2D eigenvalue weighted by molar-refractivity contribution is -0.116. The minimum absolute atomic E-state index is 0.00398. The van der Waals surface area contributed by atoms with Crippen molar-refractivity contribution in [3.8, 4) is 0 Å². The average molecular weight is 329 g/mol. The van der Waals surface area contributed by atoms with Crippen LogP contribution >= 0.6 is 0 Å². The predicted octanol–water partition coefficient (Wildman–Crippen LogP) is 2.72. The van der Waals surface area contributed by atoms with Crippen LogP contribution in [-0.2, 0) is 11.2 Å². The van der Waals surface area contributed by atoms with Crippen LogP contribution in [0, 0.1) is 6.92 Å². The van der Waals surface area contributed by atoms with Crippen LogP contribution in [0.3, 0.4) is 0 Å². The van der Waals surface area contributed by atoms with Crippen LogP contribution in [0.5, 0.6) is 0 Å². The third-order valence-electron chi connectivity index (χ3n) is 4.13. The van der Waals surface area contributed by atoms with Crippen molar-refractivity contribution in [3.63, 3.8) is 0 Å². The van der Waals surface area contributed by atoms with Gasteiger partial charge in [-0.3, -0.25) is 9.78 Å². The van der Waals surface area contributed by atoms with Gasteiger partial charge in [-0.05, 0) is 38.7 Å². The highest BCUT2D eigenvalue weighted by Gasteiger charge is 2.16. The third kappa shape index (κ3) is 4.31. The molecule has 1 N–H and O–H groups in total. The van der Waals surface area contributed by atoms with E-state index >= 15 is 0 Å². The van der Waals surface area contributed by atoms with E-state index in [2.05, 4.69) is 25.3 Å². The molecule has 0 bridgehead atoms. The Balaban J connectivity index is 1.54. The van der Waals surface area contributed by atoms with E-state index in [1.807, 2.05) is 12.3 Å². The number of pyridine rings is 1. The number of hydrogen-bond donors (Lipinski definition) is 1. The van der Waals surface area contributed by atoms with Crippen LogP contribution in [-0.4, -0.2) is 34.1 Å². The summed E-state index contributed by atoms with van der Waals surface area (Å²) in [6.07, 6.45) is 8.90. The van der Waals surface area contributed by atoms with Crippen LogP contribution in [0.15, 0.2) is 23.0 Å². The lowest BCUT2D eigenvalue weighted by Crippen LogP contribution is -2.30. The minimum Gasteiger partial charge on any atom is -0.369 e. The van der Waals surface area contributed by atoms with E-state index in [1.54, 1.807) is 13.1 Å². The summed E-state index contributed by atoms with van der Waals surface area (Å²) in [6.45, 7) is 3.82. The standard InChI is InChI=1S/C17H23N5O2/c1-13-19-17(24-21-13)7-5-6-16(23)20-14-8-9-18-12-15(14)22-10-3-2-4-11-22/h8-9,12H,2-7,10-11H2,1H3,(H,18,20,23). The molecule has 2 aromatic rings. The average Bonchev–Trinajstić information content (AvgIpc) is 3.01. The molecule has 1 saturated heterocycles. The van der Waals surface area contributed by atoms with Gasteiger partial charge < -0.3 is 14.7 Å². The Morgan fingerprint density at radius 2 is 2.17 bits per heavy atom. The molecule has 0 aliphatic carbocycles. The highest BCUT2D eigenvalue weighted by Crippen LogP contribution is 2.27. The lowest BCUT2D eigenvalue weighted by atomic mass is 10.1. The van der Waals surface area contributed by atoms with Gasteiger partial charge in [0, 0.05) is 32.1 Å². The first-order valence-electron chi connectivity index (χ1n) is 8.50. The van der Waals surface area contributed by atoms with Gasteiger partial charge >= 0.3 is 0 Å². The van der Waals surface area contributed by atoms with Crippen molar-refractivity contribution in [2.24, 2.45) is 0 Å². The minimum atomic E-state index is -0.00398. The van der Waals surface area contributed by atoms with Gasteiger partial charge in [-0.25, -0.2) is 0 Å². The van der Waals surface area contributed by atoms with E-state index in [0.29, 0.717) is 31.0 Å². The molecule has 0 saturated carbocycles.